The molecular weight excluding hydrogens is 285 g/mol. The number of aromatic nitrogens is 2. The van der Waals surface area contributed by atoms with E-state index < -0.39 is 40.6 Å². The molecule has 0 aliphatic heterocycles. The first-order chi connectivity index (χ1) is 9.43. The minimum Gasteiger partial charge on any atom is -0.348 e. The Labute approximate surface area is 108 Å². The van der Waals surface area contributed by atoms with Crippen molar-refractivity contribution in [3.05, 3.63) is 52.6 Å². The first kappa shape index (κ1) is 14.0. The van der Waals surface area contributed by atoms with Crippen LogP contribution in [-0.2, 0) is 6.54 Å². The van der Waals surface area contributed by atoms with Gasteiger partial charge in [0.2, 0.25) is 5.82 Å². The Balaban J connectivity index is 2.30. The average Bonchev–Trinajstić information content (AvgIpc) is 2.94. The molecule has 1 amide bonds. The van der Waals surface area contributed by atoms with Crippen LogP contribution >= 0.6 is 0 Å². The summed E-state index contributed by atoms with van der Waals surface area (Å²) in [6.45, 7) is -0.186. The molecule has 0 atom stereocenters. The van der Waals surface area contributed by atoms with E-state index in [1.165, 1.54) is 12.4 Å². The van der Waals surface area contributed by atoms with Crippen LogP contribution in [0.25, 0.3) is 0 Å². The van der Waals surface area contributed by atoms with Crippen LogP contribution in [0.5, 0.6) is 0 Å². The highest BCUT2D eigenvalue weighted by molar-refractivity contribution is 5.94. The molecule has 0 unspecified atom stereocenters. The van der Waals surface area contributed by atoms with Crippen molar-refractivity contribution in [1.29, 1.82) is 0 Å². The zero-order chi connectivity index (χ0) is 14.9. The van der Waals surface area contributed by atoms with E-state index in [0.717, 1.165) is 0 Å². The summed E-state index contributed by atoms with van der Waals surface area (Å²) in [5.74, 6) is -12.4. The molecule has 106 valence electrons. The summed E-state index contributed by atoms with van der Waals surface area (Å²) < 4.78 is 65.3. The number of hydrogen-bond donors (Lipinski definition) is 2. The second-order valence-electron chi connectivity index (χ2n) is 3.73. The molecule has 0 spiro atoms. The van der Waals surface area contributed by atoms with Gasteiger partial charge in [0.1, 0.15) is 5.56 Å². The van der Waals surface area contributed by atoms with E-state index in [0.29, 0.717) is 5.56 Å². The zero-order valence-electron chi connectivity index (χ0n) is 9.61. The van der Waals surface area contributed by atoms with E-state index in [1.807, 2.05) is 5.32 Å². The van der Waals surface area contributed by atoms with Crippen molar-refractivity contribution in [2.24, 2.45) is 0 Å². The monoisotopic (exact) mass is 291 g/mol. The van der Waals surface area contributed by atoms with Gasteiger partial charge in [0.15, 0.2) is 23.3 Å². The normalized spacial score (nSPS) is 10.7. The third kappa shape index (κ3) is 2.33. The van der Waals surface area contributed by atoms with Crippen molar-refractivity contribution in [3.8, 4) is 0 Å². The topological polar surface area (TPSA) is 57.8 Å². The van der Waals surface area contributed by atoms with Crippen LogP contribution in [0.2, 0.25) is 0 Å². The van der Waals surface area contributed by atoms with E-state index in [2.05, 4.69) is 10.2 Å². The Morgan fingerprint density at radius 1 is 1.05 bits per heavy atom. The van der Waals surface area contributed by atoms with Gasteiger partial charge in [0, 0.05) is 18.3 Å². The smallest absolute Gasteiger partial charge is 0.257 e. The molecule has 0 fully saturated rings. The lowest BCUT2D eigenvalue weighted by atomic mass is 10.1. The van der Waals surface area contributed by atoms with Crippen LogP contribution in [0.3, 0.4) is 0 Å². The van der Waals surface area contributed by atoms with Crippen LogP contribution in [0, 0.1) is 29.1 Å². The Hall–Kier alpha value is -2.45. The highest BCUT2D eigenvalue weighted by Crippen LogP contribution is 2.22. The summed E-state index contributed by atoms with van der Waals surface area (Å²) in [6, 6.07) is 0. The Bertz CT molecular complexity index is 628. The van der Waals surface area contributed by atoms with Crippen LogP contribution in [0.1, 0.15) is 15.9 Å². The zero-order valence-corrected chi connectivity index (χ0v) is 9.61. The van der Waals surface area contributed by atoms with Crippen LogP contribution in [0.4, 0.5) is 22.0 Å². The van der Waals surface area contributed by atoms with Gasteiger partial charge in [-0.2, -0.15) is 5.10 Å². The quantitative estimate of drug-likeness (QED) is 0.516. The molecule has 0 radical (unpaired) electrons. The molecule has 0 saturated heterocycles. The molecule has 1 aromatic carbocycles. The molecule has 9 heteroatoms. The summed E-state index contributed by atoms with van der Waals surface area (Å²) >= 11 is 0. The maximum Gasteiger partial charge on any atom is 0.257 e. The van der Waals surface area contributed by atoms with E-state index in [4.69, 9.17) is 0 Å². The summed E-state index contributed by atoms with van der Waals surface area (Å²) in [4.78, 5) is 11.5. The number of benzene rings is 1. The molecule has 2 N–H and O–H groups in total. The van der Waals surface area contributed by atoms with Gasteiger partial charge < -0.3 is 5.32 Å². The summed E-state index contributed by atoms with van der Waals surface area (Å²) in [7, 11) is 0. The summed E-state index contributed by atoms with van der Waals surface area (Å²) in [5.41, 5.74) is -1.06. The molecule has 1 heterocycles. The largest absolute Gasteiger partial charge is 0.348 e. The summed E-state index contributed by atoms with van der Waals surface area (Å²) in [6.07, 6.45) is 2.71. The van der Waals surface area contributed by atoms with E-state index in [9.17, 15) is 26.7 Å². The second-order valence-corrected chi connectivity index (χ2v) is 3.73. The van der Waals surface area contributed by atoms with Crippen molar-refractivity contribution >= 4 is 5.91 Å². The highest BCUT2D eigenvalue weighted by Gasteiger charge is 2.29. The number of nitrogens with one attached hydrogen (secondary N) is 2. The van der Waals surface area contributed by atoms with Crippen molar-refractivity contribution in [3.63, 3.8) is 0 Å². The number of carbonyl (C=O) groups is 1. The highest BCUT2D eigenvalue weighted by atomic mass is 19.2. The van der Waals surface area contributed by atoms with Gasteiger partial charge in [-0.15, -0.1) is 0 Å². The van der Waals surface area contributed by atoms with E-state index >= 15 is 0 Å². The lowest BCUT2D eigenvalue weighted by Gasteiger charge is -2.08. The van der Waals surface area contributed by atoms with Crippen LogP contribution in [0.15, 0.2) is 12.4 Å². The molecule has 2 aromatic rings. The number of H-pyrrole nitrogens is 1. The van der Waals surface area contributed by atoms with Gasteiger partial charge in [-0.25, -0.2) is 22.0 Å². The van der Waals surface area contributed by atoms with Gasteiger partial charge in [-0.3, -0.25) is 9.89 Å². The molecule has 2 rings (SSSR count). The van der Waals surface area contributed by atoms with Crippen molar-refractivity contribution in [2.45, 2.75) is 6.54 Å². The number of nitrogens with zero attached hydrogens (tertiary/aromatic N) is 1. The number of carbonyl (C=O) groups excluding carboxylic acids is 1. The molecule has 1 aromatic heterocycles. The van der Waals surface area contributed by atoms with Gasteiger partial charge in [0.05, 0.1) is 6.20 Å². The SMILES string of the molecule is O=C(NCc1cn[nH]c1)c1c(F)c(F)c(F)c(F)c1F. The summed E-state index contributed by atoms with van der Waals surface area (Å²) in [5, 5.41) is 8.00. The fraction of sp³-hybridized carbons (Fsp3) is 0.0909. The number of halogens is 5. The maximum absolute atomic E-state index is 13.3. The van der Waals surface area contributed by atoms with Gasteiger partial charge in [0.25, 0.3) is 5.91 Å². The van der Waals surface area contributed by atoms with Crippen molar-refractivity contribution in [1.82, 2.24) is 15.5 Å². The molecule has 4 nitrogen and oxygen atoms in total. The third-order valence-electron chi connectivity index (χ3n) is 2.44. The van der Waals surface area contributed by atoms with Gasteiger partial charge in [-0.1, -0.05) is 0 Å². The van der Waals surface area contributed by atoms with E-state index in [-0.39, 0.29) is 6.54 Å². The second kappa shape index (κ2) is 5.27. The van der Waals surface area contributed by atoms with Crippen molar-refractivity contribution < 1.29 is 26.7 Å². The minimum absolute atomic E-state index is 0.186. The predicted molar refractivity (Wildman–Crippen MR) is 56.0 cm³/mol. The lowest BCUT2D eigenvalue weighted by molar-refractivity contribution is 0.0939. The first-order valence-electron chi connectivity index (χ1n) is 5.20. The molecule has 0 aliphatic carbocycles. The third-order valence-corrected chi connectivity index (χ3v) is 2.44. The molecule has 20 heavy (non-hydrogen) atoms. The Morgan fingerprint density at radius 2 is 1.60 bits per heavy atom. The predicted octanol–water partition coefficient (Wildman–Crippen LogP) is 2.04. The van der Waals surface area contributed by atoms with E-state index in [1.54, 1.807) is 0 Å². The number of amides is 1. The number of rotatable bonds is 3. The fourth-order valence-corrected chi connectivity index (χ4v) is 1.45. The lowest BCUT2D eigenvalue weighted by Crippen LogP contribution is -2.26. The number of aromatic amines is 1. The molecular formula is C11H6F5N3O. The minimum atomic E-state index is -2.31. The standard InChI is InChI=1S/C11H6F5N3O/c12-6-5(7(13)9(15)10(16)8(6)14)11(20)17-1-4-2-18-19-3-4/h2-3H,1H2,(H,17,20)(H,18,19). The van der Waals surface area contributed by atoms with Crippen molar-refractivity contribution in [2.75, 3.05) is 0 Å². The molecule has 0 bridgehead atoms. The van der Waals surface area contributed by atoms with Gasteiger partial charge >= 0.3 is 0 Å². The maximum atomic E-state index is 13.3. The Kier molecular flexibility index (Phi) is 3.68. The first-order valence-corrected chi connectivity index (χ1v) is 5.20. The Morgan fingerprint density at radius 3 is 2.10 bits per heavy atom. The molecule has 0 aliphatic rings. The average molecular weight is 291 g/mol. The van der Waals surface area contributed by atoms with Crippen LogP contribution in [-0.4, -0.2) is 16.1 Å². The van der Waals surface area contributed by atoms with Gasteiger partial charge in [-0.05, 0) is 0 Å². The van der Waals surface area contributed by atoms with Crippen LogP contribution < -0.4 is 5.32 Å². The number of hydrogen-bond acceptors (Lipinski definition) is 2. The molecule has 0 saturated carbocycles. The fourth-order valence-electron chi connectivity index (χ4n) is 1.45.